The van der Waals surface area contributed by atoms with Gasteiger partial charge in [-0.3, -0.25) is 4.79 Å². The zero-order valence-corrected chi connectivity index (χ0v) is 15.9. The summed E-state index contributed by atoms with van der Waals surface area (Å²) >= 11 is 6.46. The number of nitrogens with zero attached hydrogens (tertiary/aromatic N) is 1. The predicted octanol–water partition coefficient (Wildman–Crippen LogP) is 5.45. The lowest BCUT2D eigenvalue weighted by Gasteiger charge is -2.26. The van der Waals surface area contributed by atoms with Crippen LogP contribution < -0.4 is 0 Å². The molecule has 0 saturated carbocycles. The van der Waals surface area contributed by atoms with Gasteiger partial charge in [-0.1, -0.05) is 73.7 Å². The lowest BCUT2D eigenvalue weighted by atomic mass is 10.2. The van der Waals surface area contributed by atoms with E-state index in [1.165, 1.54) is 6.04 Å². The van der Waals surface area contributed by atoms with E-state index < -0.39 is 8.07 Å². The molecular weight excluding hydrogens is 310 g/mol. The van der Waals surface area contributed by atoms with Crippen LogP contribution in [0.5, 0.6) is 0 Å². The summed E-state index contributed by atoms with van der Waals surface area (Å²) in [6.07, 6.45) is 6.46. The third kappa shape index (κ3) is 7.28. The highest BCUT2D eigenvalue weighted by molar-refractivity contribution is 6.76. The molecule has 1 aromatic rings. The lowest BCUT2D eigenvalue weighted by Crippen LogP contribution is -2.31. The zero-order chi connectivity index (χ0) is 16.6. The number of benzene rings is 1. The molecule has 22 heavy (non-hydrogen) atoms. The van der Waals surface area contributed by atoms with Gasteiger partial charge in [0, 0.05) is 21.5 Å². The van der Waals surface area contributed by atoms with E-state index in [2.05, 4.69) is 31.8 Å². The van der Waals surface area contributed by atoms with E-state index in [1.54, 1.807) is 11.8 Å². The summed E-state index contributed by atoms with van der Waals surface area (Å²) in [5, 5.41) is 0. The molecule has 1 atom stereocenters. The van der Waals surface area contributed by atoms with E-state index in [1.807, 2.05) is 30.3 Å². The minimum absolute atomic E-state index is 0.0231. The lowest BCUT2D eigenvalue weighted by molar-refractivity contribution is -0.129. The van der Waals surface area contributed by atoms with E-state index in [-0.39, 0.29) is 11.4 Å². The summed E-state index contributed by atoms with van der Waals surface area (Å²) in [6.45, 7) is 9.38. The summed E-state index contributed by atoms with van der Waals surface area (Å²) in [6, 6.07) is 11.0. The molecule has 122 valence electrons. The molecule has 0 radical (unpaired) electrons. The van der Waals surface area contributed by atoms with Crippen LogP contribution in [-0.4, -0.2) is 25.4 Å². The highest BCUT2D eigenvalue weighted by atomic mass is 35.5. The van der Waals surface area contributed by atoms with Crippen molar-refractivity contribution in [1.82, 2.24) is 4.90 Å². The molecule has 1 amide bonds. The minimum atomic E-state index is -0.992. The molecular formula is C18H28ClNOSi. The fourth-order valence-corrected chi connectivity index (χ4v) is 3.41. The number of halogens is 1. The molecule has 0 bridgehead atoms. The second-order valence-corrected chi connectivity index (χ2v) is 12.8. The number of carbonyl (C=O) groups is 1. The highest BCUT2D eigenvalue weighted by Gasteiger charge is 2.19. The van der Waals surface area contributed by atoms with Gasteiger partial charge in [-0.25, -0.2) is 0 Å². The van der Waals surface area contributed by atoms with Crippen molar-refractivity contribution < 1.29 is 4.79 Å². The Balaban J connectivity index is 2.47. The van der Waals surface area contributed by atoms with Gasteiger partial charge >= 0.3 is 0 Å². The first-order valence-corrected chi connectivity index (χ1v) is 12.1. The van der Waals surface area contributed by atoms with Crippen LogP contribution in [0.3, 0.4) is 0 Å². The van der Waals surface area contributed by atoms with Crippen molar-refractivity contribution in [2.45, 2.75) is 51.0 Å². The van der Waals surface area contributed by atoms with Crippen LogP contribution in [0.15, 0.2) is 42.5 Å². The number of amides is 1. The van der Waals surface area contributed by atoms with Gasteiger partial charge in [-0.2, -0.15) is 0 Å². The smallest absolute Gasteiger partial charge is 0.220 e. The largest absolute Gasteiger partial charge is 0.322 e. The number of hydrogen-bond acceptors (Lipinski definition) is 1. The van der Waals surface area contributed by atoms with Gasteiger partial charge < -0.3 is 4.90 Å². The van der Waals surface area contributed by atoms with Gasteiger partial charge in [0.05, 0.1) is 0 Å². The standard InChI is InChI=1S/C18H28ClNOSi/c1-16(21)20(18(19)17-12-8-7-9-13-17)14-10-5-6-11-15-22(2,3)4/h6-9,11-13,18H,5,10,14-15H2,1-4H3/b11-6-. The van der Waals surface area contributed by atoms with E-state index in [9.17, 15) is 4.79 Å². The fraction of sp³-hybridized carbons (Fsp3) is 0.500. The first-order chi connectivity index (χ1) is 10.3. The Morgan fingerprint density at radius 2 is 1.86 bits per heavy atom. The second kappa shape index (κ2) is 9.16. The van der Waals surface area contributed by atoms with E-state index in [0.717, 1.165) is 18.4 Å². The maximum Gasteiger partial charge on any atom is 0.220 e. The molecule has 0 aromatic heterocycles. The van der Waals surface area contributed by atoms with Crippen molar-refractivity contribution in [3.8, 4) is 0 Å². The van der Waals surface area contributed by atoms with Crippen LogP contribution in [0.2, 0.25) is 25.7 Å². The third-order valence-corrected chi connectivity index (χ3v) is 5.37. The predicted molar refractivity (Wildman–Crippen MR) is 99.0 cm³/mol. The maximum absolute atomic E-state index is 11.8. The number of hydrogen-bond donors (Lipinski definition) is 0. The molecule has 0 aliphatic carbocycles. The molecule has 1 unspecified atom stereocenters. The van der Waals surface area contributed by atoms with Crippen LogP contribution in [0.1, 0.15) is 30.8 Å². The zero-order valence-electron chi connectivity index (χ0n) is 14.2. The summed E-state index contributed by atoms with van der Waals surface area (Å²) in [5.41, 5.74) is 0.582. The quantitative estimate of drug-likeness (QED) is 0.203. The Kier molecular flexibility index (Phi) is 7.90. The SMILES string of the molecule is CC(=O)N(CCC/C=C\C[Si](C)(C)C)C(Cl)c1ccccc1. The average Bonchev–Trinajstić information content (AvgIpc) is 2.45. The van der Waals surface area contributed by atoms with E-state index in [0.29, 0.717) is 6.54 Å². The Labute approximate surface area is 141 Å². The molecule has 1 aromatic carbocycles. The molecule has 0 aliphatic rings. The topological polar surface area (TPSA) is 20.3 Å². The Morgan fingerprint density at radius 1 is 1.23 bits per heavy atom. The molecule has 0 heterocycles. The van der Waals surface area contributed by atoms with Crippen LogP contribution in [-0.2, 0) is 4.79 Å². The molecule has 0 N–H and O–H groups in total. The monoisotopic (exact) mass is 337 g/mol. The first-order valence-electron chi connectivity index (χ1n) is 7.92. The molecule has 0 aliphatic heterocycles. The van der Waals surface area contributed by atoms with Crippen molar-refractivity contribution in [2.24, 2.45) is 0 Å². The van der Waals surface area contributed by atoms with Crippen molar-refractivity contribution in [3.63, 3.8) is 0 Å². The van der Waals surface area contributed by atoms with Gasteiger partial charge in [-0.05, 0) is 24.4 Å². The van der Waals surface area contributed by atoms with Crippen molar-refractivity contribution in [2.75, 3.05) is 6.54 Å². The third-order valence-electron chi connectivity index (χ3n) is 3.42. The van der Waals surface area contributed by atoms with Crippen LogP contribution in [0.25, 0.3) is 0 Å². The second-order valence-electron chi connectivity index (χ2n) is 6.84. The molecule has 0 fully saturated rings. The number of unbranched alkanes of at least 4 members (excludes halogenated alkanes) is 1. The number of rotatable bonds is 8. The Hall–Kier alpha value is -1.06. The molecule has 0 spiro atoms. The van der Waals surface area contributed by atoms with Crippen LogP contribution in [0, 0.1) is 0 Å². The molecule has 2 nitrogen and oxygen atoms in total. The number of allylic oxidation sites excluding steroid dienone is 2. The van der Waals surface area contributed by atoms with Crippen molar-refractivity contribution in [1.29, 1.82) is 0 Å². The summed E-state index contributed by atoms with van der Waals surface area (Å²) in [7, 11) is -0.992. The number of carbonyl (C=O) groups excluding carboxylic acids is 1. The van der Waals surface area contributed by atoms with E-state index >= 15 is 0 Å². The van der Waals surface area contributed by atoms with Gasteiger partial charge in [0.15, 0.2) is 0 Å². The Morgan fingerprint density at radius 3 is 2.41 bits per heavy atom. The maximum atomic E-state index is 11.8. The van der Waals surface area contributed by atoms with Gasteiger partial charge in [0.1, 0.15) is 5.50 Å². The summed E-state index contributed by atoms with van der Waals surface area (Å²) < 4.78 is 0. The average molecular weight is 338 g/mol. The van der Waals surface area contributed by atoms with Gasteiger partial charge in [-0.15, -0.1) is 0 Å². The van der Waals surface area contributed by atoms with Gasteiger partial charge in [0.25, 0.3) is 0 Å². The molecule has 1 rings (SSSR count). The minimum Gasteiger partial charge on any atom is -0.322 e. The molecule has 4 heteroatoms. The van der Waals surface area contributed by atoms with Crippen LogP contribution in [0.4, 0.5) is 0 Å². The van der Waals surface area contributed by atoms with Crippen molar-refractivity contribution >= 4 is 25.6 Å². The van der Waals surface area contributed by atoms with Crippen molar-refractivity contribution in [3.05, 3.63) is 48.0 Å². The fourth-order valence-electron chi connectivity index (χ4n) is 2.16. The van der Waals surface area contributed by atoms with E-state index in [4.69, 9.17) is 11.6 Å². The summed E-state index contributed by atoms with van der Waals surface area (Å²) in [4.78, 5) is 13.6. The normalized spacial score (nSPS) is 13.3. The van der Waals surface area contributed by atoms with Crippen LogP contribution >= 0.6 is 11.6 Å². The summed E-state index contributed by atoms with van der Waals surface area (Å²) in [5.74, 6) is 0.0231. The Bertz CT molecular complexity index is 482. The number of alkyl halides is 1. The highest BCUT2D eigenvalue weighted by Crippen LogP contribution is 2.25. The van der Waals surface area contributed by atoms with Gasteiger partial charge in [0.2, 0.25) is 5.91 Å². The molecule has 0 saturated heterocycles. The first kappa shape index (κ1) is 19.0.